The van der Waals surface area contributed by atoms with Crippen molar-refractivity contribution in [3.8, 4) is 0 Å². The molecule has 5 nitrogen and oxygen atoms in total. The number of hydrogen-bond acceptors (Lipinski definition) is 3. The summed E-state index contributed by atoms with van der Waals surface area (Å²) in [6.07, 6.45) is 0.239. The maximum absolute atomic E-state index is 14.4. The van der Waals surface area contributed by atoms with Crippen LogP contribution in [0.3, 0.4) is 0 Å². The van der Waals surface area contributed by atoms with Gasteiger partial charge in [-0.1, -0.05) is 24.3 Å². The van der Waals surface area contributed by atoms with Gasteiger partial charge in [0.1, 0.15) is 11.9 Å². The molecule has 1 saturated heterocycles. The summed E-state index contributed by atoms with van der Waals surface area (Å²) >= 11 is 0. The van der Waals surface area contributed by atoms with Crippen LogP contribution in [-0.2, 0) is 4.79 Å². The third-order valence-electron chi connectivity index (χ3n) is 6.03. The Hall–Kier alpha value is -3.16. The molecular weight excluding hydrogens is 409 g/mol. The number of imide groups is 1. The number of fused-ring (bicyclic) bond motifs is 1. The van der Waals surface area contributed by atoms with E-state index in [-0.39, 0.29) is 24.0 Å². The minimum Gasteiger partial charge on any atom is -0.325 e. The highest BCUT2D eigenvalue weighted by Gasteiger charge is 2.51. The van der Waals surface area contributed by atoms with Gasteiger partial charge in [-0.15, -0.1) is 0 Å². The van der Waals surface area contributed by atoms with Crippen molar-refractivity contribution in [2.75, 3.05) is 0 Å². The molecule has 0 saturated carbocycles. The van der Waals surface area contributed by atoms with Gasteiger partial charge in [-0.2, -0.15) is 0 Å². The van der Waals surface area contributed by atoms with Crippen LogP contribution in [0, 0.1) is 5.82 Å². The van der Waals surface area contributed by atoms with Crippen molar-refractivity contribution < 1.29 is 27.6 Å². The van der Waals surface area contributed by atoms with E-state index in [0.717, 1.165) is 16.7 Å². The molecule has 2 aliphatic rings. The summed E-state index contributed by atoms with van der Waals surface area (Å²) in [5.74, 6) is -5.79. The molecule has 2 aliphatic heterocycles. The van der Waals surface area contributed by atoms with E-state index < -0.39 is 47.6 Å². The number of carbonyl (C=O) groups excluding carboxylic acids is 3. The highest BCUT2D eigenvalue weighted by Crippen LogP contribution is 2.43. The van der Waals surface area contributed by atoms with Crippen molar-refractivity contribution in [2.24, 2.45) is 0 Å². The molecule has 0 bridgehead atoms. The van der Waals surface area contributed by atoms with E-state index in [1.807, 2.05) is 0 Å². The van der Waals surface area contributed by atoms with E-state index in [0.29, 0.717) is 5.56 Å². The lowest BCUT2D eigenvalue weighted by molar-refractivity contribution is -0.146. The van der Waals surface area contributed by atoms with E-state index >= 15 is 0 Å². The first-order valence-corrected chi connectivity index (χ1v) is 10.0. The number of likely N-dealkylation sites (tertiary alicyclic amines) is 1. The third kappa shape index (κ3) is 3.49. The second kappa shape index (κ2) is 7.51. The Bertz CT molecular complexity index is 1030. The molecule has 2 aromatic rings. The Morgan fingerprint density at radius 2 is 1.65 bits per heavy atom. The van der Waals surface area contributed by atoms with Gasteiger partial charge in [0.15, 0.2) is 0 Å². The van der Waals surface area contributed by atoms with Gasteiger partial charge in [-0.05, 0) is 49.6 Å². The molecule has 0 radical (unpaired) electrons. The molecule has 0 spiro atoms. The molecule has 0 aromatic heterocycles. The maximum atomic E-state index is 14.4. The zero-order valence-electron chi connectivity index (χ0n) is 17.0. The predicted octanol–water partition coefficient (Wildman–Crippen LogP) is 4.20. The average Bonchev–Trinajstić information content (AvgIpc) is 3.28. The monoisotopic (exact) mass is 430 g/mol. The topological polar surface area (TPSA) is 57.7 Å². The van der Waals surface area contributed by atoms with Crippen molar-refractivity contribution >= 4 is 17.7 Å². The summed E-state index contributed by atoms with van der Waals surface area (Å²) in [4.78, 5) is 40.9. The van der Waals surface area contributed by atoms with Gasteiger partial charge in [-0.25, -0.2) is 13.2 Å². The minimum absolute atomic E-state index is 0.0191. The van der Waals surface area contributed by atoms with Crippen LogP contribution in [0.1, 0.15) is 59.0 Å². The van der Waals surface area contributed by atoms with E-state index in [1.165, 1.54) is 37.3 Å². The fourth-order valence-corrected chi connectivity index (χ4v) is 4.54. The number of nitrogens with zero attached hydrogens (tertiary/aromatic N) is 2. The summed E-state index contributed by atoms with van der Waals surface area (Å²) < 4.78 is 42.6. The Kier molecular flexibility index (Phi) is 5.11. The summed E-state index contributed by atoms with van der Waals surface area (Å²) in [5.41, 5.74) is 0.745. The van der Waals surface area contributed by atoms with Crippen LogP contribution < -0.4 is 0 Å². The molecule has 8 heteroatoms. The van der Waals surface area contributed by atoms with Crippen molar-refractivity contribution in [1.29, 1.82) is 0 Å². The Balaban J connectivity index is 1.69. The van der Waals surface area contributed by atoms with Gasteiger partial charge in [0, 0.05) is 6.92 Å². The quantitative estimate of drug-likeness (QED) is 0.684. The lowest BCUT2D eigenvalue weighted by Crippen LogP contribution is -2.54. The third-order valence-corrected chi connectivity index (χ3v) is 6.03. The Morgan fingerprint density at radius 3 is 2.19 bits per heavy atom. The van der Waals surface area contributed by atoms with E-state index in [1.54, 1.807) is 18.2 Å². The highest BCUT2D eigenvalue weighted by atomic mass is 19.3. The van der Waals surface area contributed by atoms with Gasteiger partial charge >= 0.3 is 0 Å². The summed E-state index contributed by atoms with van der Waals surface area (Å²) in [6, 6.07) is 8.18. The molecule has 1 unspecified atom stereocenters. The van der Waals surface area contributed by atoms with Gasteiger partial charge in [0.2, 0.25) is 5.91 Å². The van der Waals surface area contributed by atoms with Gasteiger partial charge in [0.05, 0.1) is 23.2 Å². The van der Waals surface area contributed by atoms with Gasteiger partial charge in [-0.3, -0.25) is 19.3 Å². The molecule has 0 N–H and O–H groups in total. The molecule has 2 aromatic carbocycles. The molecule has 2 heterocycles. The van der Waals surface area contributed by atoms with Crippen molar-refractivity contribution in [3.63, 3.8) is 0 Å². The SMILES string of the molecule is CC(C(=O)N1[C@H](c2cccc(F)c2)CC[C@@H]1C(C)(F)F)N1C(=O)c2ccccc2C1=O. The molecule has 162 valence electrons. The number of alkyl halides is 2. The molecule has 31 heavy (non-hydrogen) atoms. The van der Waals surface area contributed by atoms with Crippen LogP contribution >= 0.6 is 0 Å². The normalized spacial score (nSPS) is 22.1. The second-order valence-electron chi connectivity index (χ2n) is 8.07. The molecule has 1 fully saturated rings. The van der Waals surface area contributed by atoms with Crippen LogP contribution in [0.2, 0.25) is 0 Å². The predicted molar refractivity (Wildman–Crippen MR) is 106 cm³/mol. The van der Waals surface area contributed by atoms with Crippen LogP contribution in [0.4, 0.5) is 13.2 Å². The fourth-order valence-electron chi connectivity index (χ4n) is 4.54. The van der Waals surface area contributed by atoms with Gasteiger partial charge in [0.25, 0.3) is 17.7 Å². The van der Waals surface area contributed by atoms with Crippen LogP contribution in [0.15, 0.2) is 48.5 Å². The van der Waals surface area contributed by atoms with E-state index in [9.17, 15) is 27.6 Å². The smallest absolute Gasteiger partial charge is 0.265 e. The minimum atomic E-state index is -3.21. The lowest BCUT2D eigenvalue weighted by Gasteiger charge is -2.37. The largest absolute Gasteiger partial charge is 0.325 e. The number of benzene rings is 2. The van der Waals surface area contributed by atoms with Crippen molar-refractivity contribution in [2.45, 2.75) is 50.7 Å². The average molecular weight is 430 g/mol. The standard InChI is InChI=1S/C23H21F3N2O3/c1-13(27-21(30)16-8-3-4-9-17(16)22(27)31)20(29)28-18(10-11-19(28)23(2,25)26)14-6-5-7-15(24)12-14/h3-9,12-13,18-19H,10-11H2,1-2H3/t13?,18-,19+/m0/s1. The zero-order valence-corrected chi connectivity index (χ0v) is 17.0. The second-order valence-corrected chi connectivity index (χ2v) is 8.07. The first-order chi connectivity index (χ1) is 14.6. The van der Waals surface area contributed by atoms with Crippen molar-refractivity contribution in [3.05, 3.63) is 71.0 Å². The summed E-state index contributed by atoms with van der Waals surface area (Å²) in [6.45, 7) is 2.09. The molecule has 0 aliphatic carbocycles. The number of carbonyl (C=O) groups is 3. The molecular formula is C23H21F3N2O3. The Morgan fingerprint density at radius 1 is 1.03 bits per heavy atom. The molecule has 3 amide bonds. The maximum Gasteiger partial charge on any atom is 0.265 e. The van der Waals surface area contributed by atoms with Crippen LogP contribution in [-0.4, -0.2) is 45.5 Å². The number of halogens is 3. The zero-order chi connectivity index (χ0) is 22.5. The fraction of sp³-hybridized carbons (Fsp3) is 0.348. The first kappa shape index (κ1) is 21.1. The lowest BCUT2D eigenvalue weighted by atomic mass is 10.0. The van der Waals surface area contributed by atoms with Crippen LogP contribution in [0.5, 0.6) is 0 Å². The number of hydrogen-bond donors (Lipinski definition) is 0. The first-order valence-electron chi connectivity index (χ1n) is 10.0. The number of rotatable bonds is 4. The molecule has 4 rings (SSSR count). The molecule has 3 atom stereocenters. The number of amides is 3. The van der Waals surface area contributed by atoms with E-state index in [2.05, 4.69) is 0 Å². The van der Waals surface area contributed by atoms with Crippen LogP contribution in [0.25, 0.3) is 0 Å². The van der Waals surface area contributed by atoms with E-state index in [4.69, 9.17) is 0 Å². The summed E-state index contributed by atoms with van der Waals surface area (Å²) in [7, 11) is 0. The van der Waals surface area contributed by atoms with Crippen molar-refractivity contribution in [1.82, 2.24) is 9.80 Å². The van der Waals surface area contributed by atoms with Gasteiger partial charge < -0.3 is 4.90 Å². The highest BCUT2D eigenvalue weighted by molar-refractivity contribution is 6.22. The summed E-state index contributed by atoms with van der Waals surface area (Å²) in [5, 5.41) is 0. The Labute approximate surface area is 177 Å².